The average molecular weight is 208 g/mol. The number of azide groups is 1. The van der Waals surface area contributed by atoms with Gasteiger partial charge < -0.3 is 10.1 Å². The third kappa shape index (κ3) is 2.39. The number of nitrogens with zero attached hydrogens (tertiary/aromatic N) is 8. The summed E-state index contributed by atoms with van der Waals surface area (Å²) in [5.41, 5.74) is 8.16. The number of nitriles is 1. The lowest BCUT2D eigenvalue weighted by atomic mass is 10.5. The van der Waals surface area contributed by atoms with Crippen LogP contribution in [-0.4, -0.2) is 19.7 Å². The van der Waals surface area contributed by atoms with Crippen LogP contribution < -0.4 is 0 Å². The normalized spacial score (nSPS) is 9.00. The summed E-state index contributed by atoms with van der Waals surface area (Å²) in [6, 6.07) is 1.83. The molecule has 10 heteroatoms. The highest BCUT2D eigenvalue weighted by Gasteiger charge is 2.19. The summed E-state index contributed by atoms with van der Waals surface area (Å²) in [5, 5.41) is 25.2. The Bertz CT molecular complexity index is 464. The van der Waals surface area contributed by atoms with Crippen LogP contribution in [-0.2, 0) is 6.54 Å². The summed E-state index contributed by atoms with van der Waals surface area (Å²) < 4.78 is 1.01. The molecule has 0 bridgehead atoms. The molecule has 1 aromatic rings. The van der Waals surface area contributed by atoms with Crippen molar-refractivity contribution in [2.75, 3.05) is 0 Å². The van der Waals surface area contributed by atoms with Crippen LogP contribution in [0.1, 0.15) is 6.42 Å². The van der Waals surface area contributed by atoms with Gasteiger partial charge in [-0.2, -0.15) is 9.94 Å². The van der Waals surface area contributed by atoms with E-state index in [0.29, 0.717) is 0 Å². The van der Waals surface area contributed by atoms with Gasteiger partial charge in [0.1, 0.15) is 0 Å². The van der Waals surface area contributed by atoms with Crippen LogP contribution in [0, 0.1) is 21.4 Å². The molecule has 10 nitrogen and oxygen atoms in total. The fraction of sp³-hybridized carbons (Fsp3) is 0.400. The van der Waals surface area contributed by atoms with Crippen LogP contribution in [0.3, 0.4) is 0 Å². The maximum Gasteiger partial charge on any atom is 0.491 e. The van der Waals surface area contributed by atoms with E-state index >= 15 is 0 Å². The topological polar surface area (TPSA) is 146 Å². The van der Waals surface area contributed by atoms with E-state index in [4.69, 9.17) is 10.8 Å². The zero-order chi connectivity index (χ0) is 11.3. The average Bonchev–Trinajstić information content (AvgIpc) is 2.59. The first-order valence-electron chi connectivity index (χ1n) is 3.70. The van der Waals surface area contributed by atoms with Crippen LogP contribution in [0.2, 0.25) is 0 Å². The zero-order valence-electron chi connectivity index (χ0n) is 7.31. The van der Waals surface area contributed by atoms with Gasteiger partial charge in [0.25, 0.3) is 0 Å². The van der Waals surface area contributed by atoms with E-state index in [2.05, 4.69) is 20.1 Å². The van der Waals surface area contributed by atoms with Crippen molar-refractivity contribution in [3.63, 3.8) is 0 Å². The van der Waals surface area contributed by atoms with Crippen molar-refractivity contribution in [1.82, 2.24) is 14.8 Å². The Balaban J connectivity index is 3.06. The number of hydrogen-bond acceptors (Lipinski definition) is 6. The van der Waals surface area contributed by atoms with Crippen molar-refractivity contribution in [2.24, 2.45) is 5.11 Å². The van der Waals surface area contributed by atoms with Gasteiger partial charge in [-0.05, 0) is 20.6 Å². The Morgan fingerprint density at radius 3 is 3.07 bits per heavy atom. The molecular formula is C5H4N8O2. The summed E-state index contributed by atoms with van der Waals surface area (Å²) in [6.07, 6.45) is 0.0917. The molecule has 0 saturated carbocycles. The minimum Gasteiger partial charge on any atom is -0.390 e. The molecule has 76 valence electrons. The first kappa shape index (κ1) is 10.4. The monoisotopic (exact) mass is 208 g/mol. The molecule has 0 fully saturated rings. The Kier molecular flexibility index (Phi) is 3.15. The lowest BCUT2D eigenvalue weighted by Crippen LogP contribution is -1.99. The number of rotatable bonds is 4. The molecule has 0 saturated heterocycles. The van der Waals surface area contributed by atoms with Gasteiger partial charge >= 0.3 is 11.9 Å². The smallest absolute Gasteiger partial charge is 0.390 e. The maximum atomic E-state index is 10.3. The van der Waals surface area contributed by atoms with Gasteiger partial charge in [0.15, 0.2) is 0 Å². The Morgan fingerprint density at radius 2 is 2.53 bits per heavy atom. The number of hydrogen-bond donors (Lipinski definition) is 0. The van der Waals surface area contributed by atoms with Crippen molar-refractivity contribution in [3.8, 4) is 6.07 Å². The van der Waals surface area contributed by atoms with E-state index in [1.807, 2.05) is 6.07 Å². The first-order chi connectivity index (χ1) is 7.19. The molecule has 0 aromatic carbocycles. The Hall–Kier alpha value is -2.66. The van der Waals surface area contributed by atoms with Crippen LogP contribution in [0.15, 0.2) is 5.11 Å². The van der Waals surface area contributed by atoms with Crippen LogP contribution in [0.5, 0.6) is 0 Å². The van der Waals surface area contributed by atoms with Crippen molar-refractivity contribution < 1.29 is 4.92 Å². The highest BCUT2D eigenvalue weighted by molar-refractivity contribution is 5.20. The van der Waals surface area contributed by atoms with E-state index in [1.165, 1.54) is 0 Å². The summed E-state index contributed by atoms with van der Waals surface area (Å²) in [4.78, 5) is 15.3. The lowest BCUT2D eigenvalue weighted by Gasteiger charge is -1.89. The molecule has 0 aliphatic carbocycles. The minimum atomic E-state index is -0.806. The van der Waals surface area contributed by atoms with Gasteiger partial charge in [-0.3, -0.25) is 0 Å². The van der Waals surface area contributed by atoms with Gasteiger partial charge in [0.05, 0.1) is 19.0 Å². The van der Waals surface area contributed by atoms with Crippen LogP contribution >= 0.6 is 0 Å². The molecule has 0 aliphatic rings. The van der Waals surface area contributed by atoms with Gasteiger partial charge in [-0.15, -0.1) is 0 Å². The van der Waals surface area contributed by atoms with E-state index in [0.717, 1.165) is 4.68 Å². The van der Waals surface area contributed by atoms with Gasteiger partial charge in [-0.1, -0.05) is 0 Å². The predicted octanol–water partition coefficient (Wildman–Crippen LogP) is 1.04. The molecule has 1 rings (SSSR count). The second kappa shape index (κ2) is 4.54. The highest BCUT2D eigenvalue weighted by atomic mass is 16.6. The zero-order valence-corrected chi connectivity index (χ0v) is 7.31. The largest absolute Gasteiger partial charge is 0.491 e. The van der Waals surface area contributed by atoms with E-state index in [1.54, 1.807) is 0 Å². The molecule has 0 N–H and O–H groups in total. The predicted molar refractivity (Wildman–Crippen MR) is 45.7 cm³/mol. The van der Waals surface area contributed by atoms with E-state index in [9.17, 15) is 10.1 Å². The van der Waals surface area contributed by atoms with Gasteiger partial charge in [0, 0.05) is 10.0 Å². The highest BCUT2D eigenvalue weighted by Crippen LogP contribution is 2.14. The van der Waals surface area contributed by atoms with Crippen molar-refractivity contribution in [2.45, 2.75) is 13.0 Å². The molecule has 0 atom stereocenters. The second-order valence-corrected chi connectivity index (χ2v) is 2.29. The van der Waals surface area contributed by atoms with E-state index in [-0.39, 0.29) is 18.9 Å². The summed E-state index contributed by atoms with van der Waals surface area (Å²) in [7, 11) is 0. The number of nitro groups is 1. The number of aryl methyl sites for hydroxylation is 1. The molecule has 15 heavy (non-hydrogen) atoms. The van der Waals surface area contributed by atoms with Crippen LogP contribution in [0.4, 0.5) is 11.9 Å². The number of aromatic nitrogens is 3. The van der Waals surface area contributed by atoms with Crippen molar-refractivity contribution in [1.29, 1.82) is 5.26 Å². The molecule has 0 aliphatic heterocycles. The summed E-state index contributed by atoms with van der Waals surface area (Å²) in [5.74, 6) is -0.880. The van der Waals surface area contributed by atoms with E-state index < -0.39 is 10.9 Å². The quantitative estimate of drug-likeness (QED) is 0.238. The molecular weight excluding hydrogens is 204 g/mol. The van der Waals surface area contributed by atoms with Gasteiger partial charge in [-0.25, -0.2) is 0 Å². The van der Waals surface area contributed by atoms with Gasteiger partial charge in [0.2, 0.25) is 0 Å². The minimum absolute atomic E-state index is 0.0890. The SMILES string of the molecule is N#CCCn1nc([N+](=O)[O-])nc1N=[N+]=[N-]. The van der Waals surface area contributed by atoms with Crippen molar-refractivity contribution >= 4 is 11.9 Å². The first-order valence-corrected chi connectivity index (χ1v) is 3.70. The third-order valence-corrected chi connectivity index (χ3v) is 1.37. The Morgan fingerprint density at radius 1 is 1.80 bits per heavy atom. The molecule has 0 spiro atoms. The molecule has 0 amide bonds. The molecule has 1 aromatic heterocycles. The fourth-order valence-electron chi connectivity index (χ4n) is 0.819. The third-order valence-electron chi connectivity index (χ3n) is 1.37. The fourth-order valence-corrected chi connectivity index (χ4v) is 0.819. The summed E-state index contributed by atoms with van der Waals surface area (Å²) in [6.45, 7) is 0.0890. The van der Waals surface area contributed by atoms with Crippen molar-refractivity contribution in [3.05, 3.63) is 20.6 Å². The van der Waals surface area contributed by atoms with Crippen LogP contribution in [0.25, 0.3) is 10.4 Å². The Labute approximate surface area is 82.5 Å². The second-order valence-electron chi connectivity index (χ2n) is 2.29. The lowest BCUT2D eigenvalue weighted by molar-refractivity contribution is -0.394. The molecule has 0 radical (unpaired) electrons. The standard InChI is InChI=1S/C5H4N8O2/c6-2-1-3-12-4(9-11-7)8-5(10-12)13(14)15/h1,3H2. The maximum absolute atomic E-state index is 10.3. The summed E-state index contributed by atoms with van der Waals surface area (Å²) >= 11 is 0. The molecule has 1 heterocycles. The molecule has 0 unspecified atom stereocenters.